The van der Waals surface area contributed by atoms with Crippen molar-refractivity contribution >= 4 is 5.91 Å². The number of amides is 1. The van der Waals surface area contributed by atoms with Gasteiger partial charge >= 0.3 is 0 Å². The van der Waals surface area contributed by atoms with Crippen LogP contribution in [0.5, 0.6) is 0 Å². The van der Waals surface area contributed by atoms with E-state index in [0.717, 1.165) is 32.7 Å². The van der Waals surface area contributed by atoms with E-state index in [1.165, 1.54) is 0 Å². The SMILES string of the molecule is CCNC(=O)C1COCCN1CCCNC(C)C. The smallest absolute Gasteiger partial charge is 0.239 e. The van der Waals surface area contributed by atoms with Gasteiger partial charge in [-0.05, 0) is 19.9 Å². The predicted octanol–water partition coefficient (Wildman–Crippen LogP) is 0.211. The Hall–Kier alpha value is -0.650. The molecule has 0 aromatic rings. The van der Waals surface area contributed by atoms with Crippen LogP contribution in [0.3, 0.4) is 0 Å². The van der Waals surface area contributed by atoms with Gasteiger partial charge in [0.25, 0.3) is 0 Å². The van der Waals surface area contributed by atoms with Crippen LogP contribution in [0.25, 0.3) is 0 Å². The highest BCUT2D eigenvalue weighted by molar-refractivity contribution is 5.81. The summed E-state index contributed by atoms with van der Waals surface area (Å²) in [5.74, 6) is 0.0917. The second-order valence-corrected chi connectivity index (χ2v) is 4.98. The molecule has 0 aromatic carbocycles. The van der Waals surface area contributed by atoms with Gasteiger partial charge in [-0.2, -0.15) is 0 Å². The van der Waals surface area contributed by atoms with Gasteiger partial charge in [0, 0.05) is 25.7 Å². The van der Waals surface area contributed by atoms with Crippen LogP contribution in [-0.2, 0) is 9.53 Å². The van der Waals surface area contributed by atoms with E-state index in [1.54, 1.807) is 0 Å². The molecule has 0 spiro atoms. The average molecular weight is 257 g/mol. The molecule has 106 valence electrons. The van der Waals surface area contributed by atoms with Gasteiger partial charge < -0.3 is 15.4 Å². The maximum atomic E-state index is 11.9. The van der Waals surface area contributed by atoms with E-state index in [4.69, 9.17) is 4.74 Å². The monoisotopic (exact) mass is 257 g/mol. The number of carbonyl (C=O) groups excluding carboxylic acids is 1. The molecular formula is C13H27N3O2. The zero-order valence-electron chi connectivity index (χ0n) is 11.9. The Labute approximate surface area is 110 Å². The highest BCUT2D eigenvalue weighted by Crippen LogP contribution is 2.07. The number of morpholine rings is 1. The highest BCUT2D eigenvalue weighted by atomic mass is 16.5. The van der Waals surface area contributed by atoms with Crippen molar-refractivity contribution in [1.82, 2.24) is 15.5 Å². The van der Waals surface area contributed by atoms with Crippen molar-refractivity contribution in [1.29, 1.82) is 0 Å². The second-order valence-electron chi connectivity index (χ2n) is 4.98. The number of hydrogen-bond donors (Lipinski definition) is 2. The summed E-state index contributed by atoms with van der Waals surface area (Å²) in [6.45, 7) is 11.0. The van der Waals surface area contributed by atoms with Crippen LogP contribution in [-0.4, -0.2) is 62.3 Å². The number of likely N-dealkylation sites (N-methyl/N-ethyl adjacent to an activating group) is 1. The summed E-state index contributed by atoms with van der Waals surface area (Å²) in [5.41, 5.74) is 0. The van der Waals surface area contributed by atoms with Crippen molar-refractivity contribution in [3.05, 3.63) is 0 Å². The van der Waals surface area contributed by atoms with Crippen LogP contribution >= 0.6 is 0 Å². The van der Waals surface area contributed by atoms with Gasteiger partial charge in [0.05, 0.1) is 13.2 Å². The van der Waals surface area contributed by atoms with Gasteiger partial charge in [0.2, 0.25) is 5.91 Å². The molecule has 1 aliphatic heterocycles. The Kier molecular flexibility index (Phi) is 7.23. The summed E-state index contributed by atoms with van der Waals surface area (Å²) < 4.78 is 5.41. The first-order chi connectivity index (χ1) is 8.65. The van der Waals surface area contributed by atoms with Crippen molar-refractivity contribution in [2.24, 2.45) is 0 Å². The number of rotatable bonds is 7. The topological polar surface area (TPSA) is 53.6 Å². The van der Waals surface area contributed by atoms with E-state index in [9.17, 15) is 4.79 Å². The summed E-state index contributed by atoms with van der Waals surface area (Å²) in [7, 11) is 0. The number of nitrogens with zero attached hydrogens (tertiary/aromatic N) is 1. The number of ether oxygens (including phenoxy) is 1. The molecule has 1 amide bonds. The van der Waals surface area contributed by atoms with Crippen LogP contribution in [0.2, 0.25) is 0 Å². The van der Waals surface area contributed by atoms with Crippen molar-refractivity contribution in [2.45, 2.75) is 39.3 Å². The summed E-state index contributed by atoms with van der Waals surface area (Å²) in [6.07, 6.45) is 1.06. The maximum absolute atomic E-state index is 11.9. The fourth-order valence-electron chi connectivity index (χ4n) is 2.11. The minimum absolute atomic E-state index is 0.0917. The van der Waals surface area contributed by atoms with Crippen molar-refractivity contribution < 1.29 is 9.53 Å². The predicted molar refractivity (Wildman–Crippen MR) is 72.6 cm³/mol. The molecule has 0 saturated carbocycles. The van der Waals surface area contributed by atoms with Crippen LogP contribution in [0.1, 0.15) is 27.2 Å². The van der Waals surface area contributed by atoms with Gasteiger partial charge in [-0.1, -0.05) is 13.8 Å². The molecule has 0 bridgehead atoms. The molecule has 1 atom stereocenters. The van der Waals surface area contributed by atoms with Crippen molar-refractivity contribution in [2.75, 3.05) is 39.4 Å². The molecule has 1 rings (SSSR count). The van der Waals surface area contributed by atoms with Crippen molar-refractivity contribution in [3.8, 4) is 0 Å². The van der Waals surface area contributed by atoms with Gasteiger partial charge in [-0.25, -0.2) is 0 Å². The third-order valence-electron chi connectivity index (χ3n) is 3.07. The van der Waals surface area contributed by atoms with Crippen LogP contribution in [0.15, 0.2) is 0 Å². The third-order valence-corrected chi connectivity index (χ3v) is 3.07. The normalized spacial score (nSPS) is 21.2. The molecule has 0 radical (unpaired) electrons. The Morgan fingerprint density at radius 2 is 2.28 bits per heavy atom. The van der Waals surface area contributed by atoms with Gasteiger partial charge in [0.15, 0.2) is 0 Å². The molecule has 0 aliphatic carbocycles. The lowest BCUT2D eigenvalue weighted by Gasteiger charge is -2.34. The Morgan fingerprint density at radius 3 is 2.94 bits per heavy atom. The van der Waals surface area contributed by atoms with E-state index < -0.39 is 0 Å². The Balaban J connectivity index is 2.32. The molecule has 5 nitrogen and oxygen atoms in total. The molecule has 0 aromatic heterocycles. The van der Waals surface area contributed by atoms with Gasteiger partial charge in [-0.15, -0.1) is 0 Å². The maximum Gasteiger partial charge on any atom is 0.239 e. The standard InChI is InChI=1S/C13H27N3O2/c1-4-14-13(17)12-10-18-9-8-16(12)7-5-6-15-11(2)3/h11-12,15H,4-10H2,1-3H3,(H,14,17). The van der Waals surface area contributed by atoms with Crippen molar-refractivity contribution in [3.63, 3.8) is 0 Å². The molecular weight excluding hydrogens is 230 g/mol. The number of carbonyl (C=O) groups is 1. The number of nitrogens with one attached hydrogen (secondary N) is 2. The number of hydrogen-bond acceptors (Lipinski definition) is 4. The van der Waals surface area contributed by atoms with Crippen LogP contribution in [0, 0.1) is 0 Å². The molecule has 1 saturated heterocycles. The minimum atomic E-state index is -0.113. The van der Waals surface area contributed by atoms with Gasteiger partial charge in [0.1, 0.15) is 6.04 Å². The van der Waals surface area contributed by atoms with E-state index in [-0.39, 0.29) is 11.9 Å². The zero-order chi connectivity index (χ0) is 13.4. The van der Waals surface area contributed by atoms with E-state index in [2.05, 4.69) is 29.4 Å². The third kappa shape index (κ3) is 5.33. The van der Waals surface area contributed by atoms with E-state index >= 15 is 0 Å². The highest BCUT2D eigenvalue weighted by Gasteiger charge is 2.28. The first-order valence-electron chi connectivity index (χ1n) is 6.98. The molecule has 1 unspecified atom stereocenters. The summed E-state index contributed by atoms with van der Waals surface area (Å²) in [6, 6.07) is 0.409. The molecule has 18 heavy (non-hydrogen) atoms. The van der Waals surface area contributed by atoms with E-state index in [0.29, 0.717) is 19.2 Å². The fourth-order valence-corrected chi connectivity index (χ4v) is 2.11. The first kappa shape index (κ1) is 15.4. The van der Waals surface area contributed by atoms with E-state index in [1.807, 2.05) is 6.92 Å². The quantitative estimate of drug-likeness (QED) is 0.640. The summed E-state index contributed by atoms with van der Waals surface area (Å²) >= 11 is 0. The lowest BCUT2D eigenvalue weighted by molar-refractivity contribution is -0.132. The summed E-state index contributed by atoms with van der Waals surface area (Å²) in [4.78, 5) is 14.1. The van der Waals surface area contributed by atoms with Crippen LogP contribution in [0.4, 0.5) is 0 Å². The Morgan fingerprint density at radius 1 is 1.50 bits per heavy atom. The molecule has 5 heteroatoms. The average Bonchev–Trinajstić information content (AvgIpc) is 2.35. The molecule has 1 heterocycles. The molecule has 1 aliphatic rings. The van der Waals surface area contributed by atoms with Gasteiger partial charge in [-0.3, -0.25) is 9.69 Å². The molecule has 1 fully saturated rings. The fraction of sp³-hybridized carbons (Fsp3) is 0.923. The first-order valence-corrected chi connectivity index (χ1v) is 6.98. The lowest BCUT2D eigenvalue weighted by atomic mass is 10.2. The largest absolute Gasteiger partial charge is 0.378 e. The lowest BCUT2D eigenvalue weighted by Crippen LogP contribution is -2.54. The van der Waals surface area contributed by atoms with Crippen LogP contribution < -0.4 is 10.6 Å². The Bertz CT molecular complexity index is 246. The summed E-state index contributed by atoms with van der Waals surface area (Å²) in [5, 5.41) is 6.27. The zero-order valence-corrected chi connectivity index (χ0v) is 11.9. The second kappa shape index (κ2) is 8.45. The minimum Gasteiger partial charge on any atom is -0.378 e. The molecule has 2 N–H and O–H groups in total.